The third-order valence-electron chi connectivity index (χ3n) is 3.45. The van der Waals surface area contributed by atoms with E-state index in [1.54, 1.807) is 6.26 Å². The zero-order valence-corrected chi connectivity index (χ0v) is 9.05. The van der Waals surface area contributed by atoms with Crippen molar-refractivity contribution in [3.8, 4) is 0 Å². The highest BCUT2D eigenvalue weighted by Crippen LogP contribution is 2.40. The zero-order valence-electron chi connectivity index (χ0n) is 9.05. The maximum atomic E-state index is 5.17. The summed E-state index contributed by atoms with van der Waals surface area (Å²) >= 11 is 0. The molecule has 1 heterocycles. The highest BCUT2D eigenvalue weighted by molar-refractivity contribution is 5.21. The quantitative estimate of drug-likeness (QED) is 0.798. The summed E-state index contributed by atoms with van der Waals surface area (Å²) in [5.74, 6) is 0. The summed E-state index contributed by atoms with van der Waals surface area (Å²) in [5.41, 5.74) is 1.69. The van der Waals surface area contributed by atoms with Crippen LogP contribution < -0.4 is 5.32 Å². The number of rotatable bonds is 3. The van der Waals surface area contributed by atoms with Gasteiger partial charge in [-0.15, -0.1) is 0 Å². The summed E-state index contributed by atoms with van der Waals surface area (Å²) in [7, 11) is 0. The number of hydrogen-bond donors (Lipinski definition) is 1. The molecule has 1 aromatic heterocycles. The molecule has 0 bridgehead atoms. The molecule has 0 aliphatic heterocycles. The van der Waals surface area contributed by atoms with Gasteiger partial charge < -0.3 is 9.73 Å². The van der Waals surface area contributed by atoms with Gasteiger partial charge in [0.2, 0.25) is 0 Å². The van der Waals surface area contributed by atoms with Gasteiger partial charge in [-0.1, -0.05) is 13.8 Å². The number of hydrogen-bond acceptors (Lipinski definition) is 2. The van der Waals surface area contributed by atoms with Gasteiger partial charge in [0.25, 0.3) is 0 Å². The van der Waals surface area contributed by atoms with Gasteiger partial charge in [-0.2, -0.15) is 0 Å². The van der Waals surface area contributed by atoms with Crippen LogP contribution in [0.3, 0.4) is 0 Å². The molecule has 0 amide bonds. The lowest BCUT2D eigenvalue weighted by molar-refractivity contribution is 0.450. The highest BCUT2D eigenvalue weighted by atomic mass is 16.3. The molecule has 1 aliphatic rings. The maximum Gasteiger partial charge on any atom is 0.0940 e. The predicted molar refractivity (Wildman–Crippen MR) is 57.4 cm³/mol. The van der Waals surface area contributed by atoms with Crippen LogP contribution in [0.2, 0.25) is 0 Å². The van der Waals surface area contributed by atoms with E-state index in [1.165, 1.54) is 24.8 Å². The van der Waals surface area contributed by atoms with Gasteiger partial charge in [0.1, 0.15) is 0 Å². The lowest BCUT2D eigenvalue weighted by atomic mass is 9.82. The van der Waals surface area contributed by atoms with Crippen molar-refractivity contribution in [1.82, 2.24) is 5.32 Å². The van der Waals surface area contributed by atoms with E-state index in [9.17, 15) is 0 Å². The molecule has 1 fully saturated rings. The zero-order chi connectivity index (χ0) is 10.0. The van der Waals surface area contributed by atoms with Crippen molar-refractivity contribution >= 4 is 0 Å². The van der Waals surface area contributed by atoms with Crippen molar-refractivity contribution < 1.29 is 4.42 Å². The molecule has 0 aromatic carbocycles. The van der Waals surface area contributed by atoms with Gasteiger partial charge in [-0.25, -0.2) is 0 Å². The molecule has 78 valence electrons. The second-order valence-corrected chi connectivity index (χ2v) is 4.57. The minimum Gasteiger partial charge on any atom is -0.472 e. The highest BCUT2D eigenvalue weighted by Gasteiger charge is 2.36. The molecule has 1 aromatic rings. The van der Waals surface area contributed by atoms with E-state index in [0.29, 0.717) is 11.5 Å². The molecule has 14 heavy (non-hydrogen) atoms. The van der Waals surface area contributed by atoms with E-state index < -0.39 is 0 Å². The SMILES string of the molecule is CCNC1CCC(C)(c2ccoc2)C1. The van der Waals surface area contributed by atoms with E-state index in [-0.39, 0.29) is 0 Å². The van der Waals surface area contributed by atoms with E-state index in [1.807, 2.05) is 6.26 Å². The molecule has 2 rings (SSSR count). The fourth-order valence-corrected chi connectivity index (χ4v) is 2.57. The molecule has 2 atom stereocenters. The van der Waals surface area contributed by atoms with E-state index in [4.69, 9.17) is 4.42 Å². The van der Waals surface area contributed by atoms with Crippen LogP contribution in [0.15, 0.2) is 23.0 Å². The summed E-state index contributed by atoms with van der Waals surface area (Å²) < 4.78 is 5.17. The molecule has 2 unspecified atom stereocenters. The second kappa shape index (κ2) is 3.77. The molecule has 1 aliphatic carbocycles. The Hall–Kier alpha value is -0.760. The summed E-state index contributed by atoms with van der Waals surface area (Å²) in [6.45, 7) is 5.59. The van der Waals surface area contributed by atoms with Gasteiger partial charge in [-0.3, -0.25) is 0 Å². The average molecular weight is 193 g/mol. The van der Waals surface area contributed by atoms with E-state index >= 15 is 0 Å². The topological polar surface area (TPSA) is 25.2 Å². The van der Waals surface area contributed by atoms with Crippen molar-refractivity contribution in [1.29, 1.82) is 0 Å². The first-order valence-electron chi connectivity index (χ1n) is 5.51. The van der Waals surface area contributed by atoms with E-state index in [2.05, 4.69) is 25.2 Å². The lowest BCUT2D eigenvalue weighted by Gasteiger charge is -2.22. The van der Waals surface area contributed by atoms with Crippen LogP contribution in [0.25, 0.3) is 0 Å². The van der Waals surface area contributed by atoms with Crippen LogP contribution >= 0.6 is 0 Å². The number of furan rings is 1. The average Bonchev–Trinajstić information content (AvgIpc) is 2.75. The second-order valence-electron chi connectivity index (χ2n) is 4.57. The Morgan fingerprint density at radius 2 is 2.50 bits per heavy atom. The molecule has 0 saturated heterocycles. The standard InChI is InChI=1S/C12H19NO/c1-3-13-11-4-6-12(2,8-11)10-5-7-14-9-10/h5,7,9,11,13H,3-4,6,8H2,1-2H3. The predicted octanol–water partition coefficient (Wildman–Crippen LogP) is 2.70. The Labute approximate surface area is 85.7 Å². The normalized spacial score (nSPS) is 32.3. The summed E-state index contributed by atoms with van der Waals surface area (Å²) in [6, 6.07) is 2.80. The van der Waals surface area contributed by atoms with E-state index in [0.717, 1.165) is 6.54 Å². The lowest BCUT2D eigenvalue weighted by Crippen LogP contribution is -2.28. The van der Waals surface area contributed by atoms with Crippen LogP contribution in [0.1, 0.15) is 38.7 Å². The monoisotopic (exact) mass is 193 g/mol. The van der Waals surface area contributed by atoms with Crippen molar-refractivity contribution in [2.24, 2.45) is 0 Å². The van der Waals surface area contributed by atoms with Gasteiger partial charge in [-0.05, 0) is 42.9 Å². The molecule has 2 heteroatoms. The van der Waals surface area contributed by atoms with Crippen molar-refractivity contribution in [2.75, 3.05) is 6.54 Å². The van der Waals surface area contributed by atoms with Crippen LogP contribution in [-0.2, 0) is 5.41 Å². The molecule has 1 N–H and O–H groups in total. The van der Waals surface area contributed by atoms with Crippen molar-refractivity contribution in [3.63, 3.8) is 0 Å². The Balaban J connectivity index is 2.06. The molecule has 2 nitrogen and oxygen atoms in total. The smallest absolute Gasteiger partial charge is 0.0940 e. The summed E-state index contributed by atoms with van der Waals surface area (Å²) in [6.07, 6.45) is 7.47. The largest absolute Gasteiger partial charge is 0.472 e. The van der Waals surface area contributed by atoms with Crippen LogP contribution in [0, 0.1) is 0 Å². The fraction of sp³-hybridized carbons (Fsp3) is 0.667. The van der Waals surface area contributed by atoms with Crippen molar-refractivity contribution in [2.45, 2.75) is 44.6 Å². The molecule has 1 saturated carbocycles. The minimum absolute atomic E-state index is 0.333. The fourth-order valence-electron chi connectivity index (χ4n) is 2.57. The molecular formula is C12H19NO. The molecule has 0 radical (unpaired) electrons. The summed E-state index contributed by atoms with van der Waals surface area (Å²) in [5, 5.41) is 3.53. The van der Waals surface area contributed by atoms with Crippen LogP contribution in [-0.4, -0.2) is 12.6 Å². The Bertz CT molecular complexity index is 281. The van der Waals surface area contributed by atoms with Gasteiger partial charge >= 0.3 is 0 Å². The third-order valence-corrected chi connectivity index (χ3v) is 3.45. The van der Waals surface area contributed by atoms with Gasteiger partial charge in [0, 0.05) is 6.04 Å². The van der Waals surface area contributed by atoms with Gasteiger partial charge in [0.05, 0.1) is 12.5 Å². The first-order chi connectivity index (χ1) is 6.74. The molecular weight excluding hydrogens is 174 g/mol. The number of nitrogens with one attached hydrogen (secondary N) is 1. The Morgan fingerprint density at radius 1 is 1.64 bits per heavy atom. The maximum absolute atomic E-state index is 5.17. The first kappa shape index (κ1) is 9.78. The van der Waals surface area contributed by atoms with Gasteiger partial charge in [0.15, 0.2) is 0 Å². The summed E-state index contributed by atoms with van der Waals surface area (Å²) in [4.78, 5) is 0. The Morgan fingerprint density at radius 3 is 3.14 bits per heavy atom. The van der Waals surface area contributed by atoms with Crippen molar-refractivity contribution in [3.05, 3.63) is 24.2 Å². The third kappa shape index (κ3) is 1.71. The first-order valence-corrected chi connectivity index (χ1v) is 5.51. The van der Waals surface area contributed by atoms with Crippen LogP contribution in [0.5, 0.6) is 0 Å². The minimum atomic E-state index is 0.333. The van der Waals surface area contributed by atoms with Crippen LogP contribution in [0.4, 0.5) is 0 Å². The molecule has 0 spiro atoms. The Kier molecular flexibility index (Phi) is 2.64.